The van der Waals surface area contributed by atoms with Gasteiger partial charge in [0.25, 0.3) is 5.91 Å². The normalized spacial score (nSPS) is 18.9. The number of benzene rings is 2. The Kier molecular flexibility index (Phi) is 4.69. The lowest BCUT2D eigenvalue weighted by Gasteiger charge is -2.35. The van der Waals surface area contributed by atoms with Gasteiger partial charge in [0.1, 0.15) is 5.75 Å². The summed E-state index contributed by atoms with van der Waals surface area (Å²) >= 11 is 0. The fourth-order valence-electron chi connectivity index (χ4n) is 4.61. The fraction of sp³-hybridized carbons (Fsp3) is 0.333. The van der Waals surface area contributed by atoms with Crippen molar-refractivity contribution >= 4 is 22.9 Å². The summed E-state index contributed by atoms with van der Waals surface area (Å²) in [6, 6.07) is 15.8. The minimum Gasteiger partial charge on any atom is -0.497 e. The number of rotatable bonds is 3. The van der Waals surface area contributed by atoms with E-state index in [9.17, 15) is 4.79 Å². The van der Waals surface area contributed by atoms with Gasteiger partial charge in [0.15, 0.2) is 0 Å². The Bertz CT molecular complexity index is 1120. The maximum Gasteiger partial charge on any atom is 0.254 e. The van der Waals surface area contributed by atoms with E-state index >= 15 is 0 Å². The van der Waals surface area contributed by atoms with Gasteiger partial charge in [0.05, 0.1) is 29.8 Å². The van der Waals surface area contributed by atoms with Gasteiger partial charge >= 0.3 is 0 Å². The van der Waals surface area contributed by atoms with E-state index in [-0.39, 0.29) is 11.9 Å². The highest BCUT2D eigenvalue weighted by Gasteiger charge is 2.36. The summed E-state index contributed by atoms with van der Waals surface area (Å²) in [4.78, 5) is 20.5. The Labute approximate surface area is 176 Å². The number of fused-ring (bicyclic) bond motifs is 3. The van der Waals surface area contributed by atoms with Crippen LogP contribution in [0.1, 0.15) is 37.8 Å². The topological polar surface area (TPSA) is 59.4 Å². The zero-order valence-corrected chi connectivity index (χ0v) is 17.4. The van der Waals surface area contributed by atoms with Crippen LogP contribution in [0.25, 0.3) is 11.0 Å². The van der Waals surface area contributed by atoms with Crippen LogP contribution in [0.15, 0.2) is 59.8 Å². The molecule has 1 atom stereocenters. The molecule has 154 valence electrons. The van der Waals surface area contributed by atoms with E-state index in [4.69, 9.17) is 9.72 Å². The number of para-hydroxylation sites is 2. The number of amides is 1. The van der Waals surface area contributed by atoms with Gasteiger partial charge in [-0.2, -0.15) is 0 Å². The molecule has 1 aromatic heterocycles. The number of carbonyl (C=O) groups excluding carboxylic acids is 1. The highest BCUT2D eigenvalue weighted by molar-refractivity contribution is 5.98. The van der Waals surface area contributed by atoms with Crippen molar-refractivity contribution in [1.29, 1.82) is 0 Å². The van der Waals surface area contributed by atoms with Gasteiger partial charge in [0, 0.05) is 18.8 Å². The first-order chi connectivity index (χ1) is 14.7. The molecule has 5 rings (SSSR count). The third-order valence-corrected chi connectivity index (χ3v) is 6.14. The smallest absolute Gasteiger partial charge is 0.254 e. The van der Waals surface area contributed by atoms with Gasteiger partial charge in [-0.15, -0.1) is 0 Å². The molecule has 0 radical (unpaired) electrons. The van der Waals surface area contributed by atoms with Crippen LogP contribution in [0.3, 0.4) is 0 Å². The number of aromatic nitrogens is 2. The second kappa shape index (κ2) is 7.52. The number of nitrogens with zero attached hydrogens (tertiary/aromatic N) is 3. The van der Waals surface area contributed by atoms with Crippen molar-refractivity contribution < 1.29 is 9.53 Å². The van der Waals surface area contributed by atoms with Crippen molar-refractivity contribution in [3.63, 3.8) is 0 Å². The molecular formula is C24H26N4O2. The molecular weight excluding hydrogens is 376 g/mol. The number of ether oxygens (including phenoxy) is 1. The Morgan fingerprint density at radius 1 is 1.07 bits per heavy atom. The van der Waals surface area contributed by atoms with Gasteiger partial charge < -0.3 is 15.0 Å². The molecule has 6 heteroatoms. The van der Waals surface area contributed by atoms with Gasteiger partial charge in [-0.1, -0.05) is 24.3 Å². The quantitative estimate of drug-likeness (QED) is 0.708. The van der Waals surface area contributed by atoms with Crippen LogP contribution in [-0.4, -0.2) is 40.6 Å². The highest BCUT2D eigenvalue weighted by atomic mass is 16.5. The summed E-state index contributed by atoms with van der Waals surface area (Å²) in [7, 11) is 1.66. The minimum atomic E-state index is -0.242. The van der Waals surface area contributed by atoms with E-state index in [0.29, 0.717) is 0 Å². The second-order valence-corrected chi connectivity index (χ2v) is 7.99. The molecule has 0 aliphatic carbocycles. The predicted molar refractivity (Wildman–Crippen MR) is 118 cm³/mol. The lowest BCUT2D eigenvalue weighted by Crippen LogP contribution is -2.40. The average molecular weight is 402 g/mol. The summed E-state index contributed by atoms with van der Waals surface area (Å²) in [6.07, 6.45) is 3.33. The summed E-state index contributed by atoms with van der Waals surface area (Å²) < 4.78 is 7.51. The molecule has 2 aliphatic heterocycles. The number of methoxy groups -OCH3 is 1. The maximum atomic E-state index is 13.7. The largest absolute Gasteiger partial charge is 0.497 e. The van der Waals surface area contributed by atoms with E-state index in [1.165, 1.54) is 6.42 Å². The zero-order chi connectivity index (χ0) is 20.7. The molecule has 2 aromatic carbocycles. The van der Waals surface area contributed by atoms with Crippen LogP contribution in [-0.2, 0) is 4.79 Å². The van der Waals surface area contributed by atoms with Crippen LogP contribution in [0, 0.1) is 0 Å². The Hall–Kier alpha value is -3.28. The van der Waals surface area contributed by atoms with Crippen molar-refractivity contribution in [1.82, 2.24) is 14.5 Å². The number of piperidine rings is 1. The number of likely N-dealkylation sites (tertiary alicyclic amines) is 1. The van der Waals surface area contributed by atoms with Gasteiger partial charge in [0.2, 0.25) is 5.95 Å². The Morgan fingerprint density at radius 3 is 2.53 bits per heavy atom. The summed E-state index contributed by atoms with van der Waals surface area (Å²) in [5.41, 5.74) is 4.63. The molecule has 1 saturated heterocycles. The number of hydrogen-bond acceptors (Lipinski definition) is 4. The van der Waals surface area contributed by atoms with Crippen LogP contribution >= 0.6 is 0 Å². The van der Waals surface area contributed by atoms with Crippen LogP contribution in [0.4, 0.5) is 5.95 Å². The fourth-order valence-corrected chi connectivity index (χ4v) is 4.61. The molecule has 0 spiro atoms. The average Bonchev–Trinajstić information content (AvgIpc) is 3.16. The Balaban J connectivity index is 1.68. The van der Waals surface area contributed by atoms with Crippen molar-refractivity contribution in [2.24, 2.45) is 0 Å². The molecule has 30 heavy (non-hydrogen) atoms. The highest BCUT2D eigenvalue weighted by Crippen LogP contribution is 2.40. The molecule has 1 fully saturated rings. The van der Waals surface area contributed by atoms with E-state index in [0.717, 1.165) is 65.5 Å². The number of nitrogens with one attached hydrogen (secondary N) is 1. The van der Waals surface area contributed by atoms with Crippen molar-refractivity contribution in [2.75, 3.05) is 25.5 Å². The maximum absolute atomic E-state index is 13.7. The Morgan fingerprint density at radius 2 is 1.80 bits per heavy atom. The lowest BCUT2D eigenvalue weighted by molar-refractivity contribution is -0.128. The standard InChI is InChI=1S/C24H26N4O2/c1-16-21(23(29)27-14-6-3-7-15-27)22(17-10-12-18(30-2)13-11-17)28-20-9-5-4-8-19(20)26-24(28)25-16/h4-5,8-13,22H,3,6-7,14-15H2,1-2H3,(H,25,26). The van der Waals surface area contributed by atoms with Gasteiger partial charge in [-0.25, -0.2) is 4.98 Å². The summed E-state index contributed by atoms with van der Waals surface area (Å²) in [5, 5.41) is 3.40. The molecule has 3 heterocycles. The number of allylic oxidation sites excluding steroid dienone is 1. The molecule has 2 aliphatic rings. The first-order valence-electron chi connectivity index (χ1n) is 10.6. The molecule has 1 unspecified atom stereocenters. The van der Waals surface area contributed by atoms with E-state index in [1.807, 2.05) is 54.3 Å². The number of anilines is 1. The third kappa shape index (κ3) is 3.03. The monoisotopic (exact) mass is 402 g/mol. The summed E-state index contributed by atoms with van der Waals surface area (Å²) in [5.74, 6) is 1.68. The first-order valence-corrected chi connectivity index (χ1v) is 10.6. The number of hydrogen-bond donors (Lipinski definition) is 1. The minimum absolute atomic E-state index is 0.115. The van der Waals surface area contributed by atoms with Crippen LogP contribution in [0.2, 0.25) is 0 Å². The molecule has 3 aromatic rings. The molecule has 1 N–H and O–H groups in total. The van der Waals surface area contributed by atoms with Crippen LogP contribution in [0.5, 0.6) is 5.75 Å². The SMILES string of the molecule is COc1ccc(C2C(C(=O)N3CCCCC3)=C(C)Nc3nc4ccccc4n32)cc1. The zero-order valence-electron chi connectivity index (χ0n) is 17.4. The third-order valence-electron chi connectivity index (χ3n) is 6.14. The van der Waals surface area contributed by atoms with Crippen molar-refractivity contribution in [3.05, 3.63) is 65.4 Å². The van der Waals surface area contributed by atoms with E-state index in [1.54, 1.807) is 7.11 Å². The number of carbonyl (C=O) groups is 1. The second-order valence-electron chi connectivity index (χ2n) is 7.99. The summed E-state index contributed by atoms with van der Waals surface area (Å²) in [6.45, 7) is 3.63. The van der Waals surface area contributed by atoms with E-state index < -0.39 is 0 Å². The molecule has 6 nitrogen and oxygen atoms in total. The molecule has 1 amide bonds. The first kappa shape index (κ1) is 18.7. The van der Waals surface area contributed by atoms with Gasteiger partial charge in [-0.3, -0.25) is 9.36 Å². The predicted octanol–water partition coefficient (Wildman–Crippen LogP) is 4.35. The van der Waals surface area contributed by atoms with Crippen LogP contribution < -0.4 is 10.1 Å². The number of imidazole rings is 1. The van der Waals surface area contributed by atoms with E-state index in [2.05, 4.69) is 16.0 Å². The van der Waals surface area contributed by atoms with Crippen molar-refractivity contribution in [3.8, 4) is 5.75 Å². The van der Waals surface area contributed by atoms with Crippen molar-refractivity contribution in [2.45, 2.75) is 32.2 Å². The van der Waals surface area contributed by atoms with Gasteiger partial charge in [-0.05, 0) is 56.0 Å². The lowest BCUT2D eigenvalue weighted by atomic mass is 9.93. The molecule has 0 bridgehead atoms. The molecule has 0 saturated carbocycles.